The molecule has 1 heterocycles. The SMILES string of the molecule is CSC(CO)C(C)NC(=O)Cc1ccn(-c2ccc(F)cc2)n1. The third-order valence-electron chi connectivity index (χ3n) is 3.51. The van der Waals surface area contributed by atoms with Gasteiger partial charge >= 0.3 is 0 Å². The minimum atomic E-state index is -0.304. The van der Waals surface area contributed by atoms with E-state index in [9.17, 15) is 14.3 Å². The highest BCUT2D eigenvalue weighted by molar-refractivity contribution is 7.99. The van der Waals surface area contributed by atoms with Crippen LogP contribution in [0.2, 0.25) is 0 Å². The molecule has 5 nitrogen and oxygen atoms in total. The second-order valence-corrected chi connectivity index (χ2v) is 6.29. The molecule has 2 atom stereocenters. The van der Waals surface area contributed by atoms with Gasteiger partial charge in [-0.1, -0.05) is 0 Å². The molecule has 124 valence electrons. The Bertz CT molecular complexity index is 641. The van der Waals surface area contributed by atoms with Crippen LogP contribution >= 0.6 is 11.8 Å². The molecule has 0 aliphatic carbocycles. The van der Waals surface area contributed by atoms with Gasteiger partial charge in [0.2, 0.25) is 5.91 Å². The monoisotopic (exact) mass is 337 g/mol. The number of halogens is 1. The summed E-state index contributed by atoms with van der Waals surface area (Å²) in [5.41, 5.74) is 1.36. The number of aliphatic hydroxyl groups is 1. The summed E-state index contributed by atoms with van der Waals surface area (Å²) in [4.78, 5) is 12.0. The molecule has 23 heavy (non-hydrogen) atoms. The lowest BCUT2D eigenvalue weighted by Crippen LogP contribution is -2.41. The normalized spacial score (nSPS) is 13.6. The van der Waals surface area contributed by atoms with Crippen molar-refractivity contribution < 1.29 is 14.3 Å². The predicted octanol–water partition coefficient (Wildman–Crippen LogP) is 1.78. The highest BCUT2D eigenvalue weighted by Gasteiger charge is 2.18. The van der Waals surface area contributed by atoms with Crippen molar-refractivity contribution in [3.63, 3.8) is 0 Å². The summed E-state index contributed by atoms with van der Waals surface area (Å²) in [7, 11) is 0. The van der Waals surface area contributed by atoms with Crippen LogP contribution in [0.15, 0.2) is 36.5 Å². The number of nitrogens with zero attached hydrogens (tertiary/aromatic N) is 2. The Morgan fingerprint density at radius 1 is 1.39 bits per heavy atom. The molecule has 1 amide bonds. The first-order valence-corrected chi connectivity index (χ1v) is 8.55. The third-order valence-corrected chi connectivity index (χ3v) is 4.67. The van der Waals surface area contributed by atoms with E-state index in [0.717, 1.165) is 5.69 Å². The van der Waals surface area contributed by atoms with E-state index in [-0.39, 0.29) is 36.0 Å². The first-order chi connectivity index (χ1) is 11.0. The van der Waals surface area contributed by atoms with E-state index in [2.05, 4.69) is 10.4 Å². The summed E-state index contributed by atoms with van der Waals surface area (Å²) in [6, 6.07) is 7.61. The first-order valence-electron chi connectivity index (χ1n) is 7.27. The van der Waals surface area contributed by atoms with Gasteiger partial charge in [0, 0.05) is 17.5 Å². The van der Waals surface area contributed by atoms with Gasteiger partial charge in [-0.3, -0.25) is 4.79 Å². The zero-order chi connectivity index (χ0) is 16.8. The fourth-order valence-electron chi connectivity index (χ4n) is 2.19. The van der Waals surface area contributed by atoms with Crippen LogP contribution in [-0.2, 0) is 11.2 Å². The number of carbonyl (C=O) groups excluding carboxylic acids is 1. The Morgan fingerprint density at radius 3 is 2.70 bits per heavy atom. The van der Waals surface area contributed by atoms with E-state index in [1.165, 1.54) is 23.9 Å². The maximum absolute atomic E-state index is 12.9. The number of rotatable bonds is 7. The molecule has 2 rings (SSSR count). The Labute approximate surface area is 138 Å². The van der Waals surface area contributed by atoms with E-state index >= 15 is 0 Å². The number of benzene rings is 1. The van der Waals surface area contributed by atoms with Crippen LogP contribution in [0.1, 0.15) is 12.6 Å². The number of carbonyl (C=O) groups is 1. The molecule has 0 spiro atoms. The fraction of sp³-hybridized carbons (Fsp3) is 0.375. The van der Waals surface area contributed by atoms with Crippen LogP contribution < -0.4 is 5.32 Å². The number of nitrogens with one attached hydrogen (secondary N) is 1. The van der Waals surface area contributed by atoms with Gasteiger partial charge in [-0.2, -0.15) is 16.9 Å². The summed E-state index contributed by atoms with van der Waals surface area (Å²) in [5, 5.41) is 16.4. The Hall–Kier alpha value is -1.86. The lowest BCUT2D eigenvalue weighted by atomic mass is 10.2. The van der Waals surface area contributed by atoms with Crippen molar-refractivity contribution in [2.24, 2.45) is 0 Å². The third kappa shape index (κ3) is 4.80. The predicted molar refractivity (Wildman–Crippen MR) is 89.2 cm³/mol. The smallest absolute Gasteiger partial charge is 0.226 e. The minimum absolute atomic E-state index is 0.0157. The lowest BCUT2D eigenvalue weighted by molar-refractivity contribution is -0.121. The summed E-state index contributed by atoms with van der Waals surface area (Å²) in [6.07, 6.45) is 3.79. The zero-order valence-corrected chi connectivity index (χ0v) is 13.9. The Morgan fingerprint density at radius 2 is 2.09 bits per heavy atom. The molecule has 0 aliphatic rings. The molecule has 2 aromatic rings. The Kier molecular flexibility index (Phi) is 6.18. The largest absolute Gasteiger partial charge is 0.395 e. The average molecular weight is 337 g/mol. The minimum Gasteiger partial charge on any atom is -0.395 e. The molecule has 0 bridgehead atoms. The molecule has 0 saturated carbocycles. The maximum Gasteiger partial charge on any atom is 0.226 e. The number of thioether (sulfide) groups is 1. The highest BCUT2D eigenvalue weighted by atomic mass is 32.2. The van der Waals surface area contributed by atoms with Crippen LogP contribution in [0.3, 0.4) is 0 Å². The van der Waals surface area contributed by atoms with E-state index in [4.69, 9.17) is 0 Å². The highest BCUT2D eigenvalue weighted by Crippen LogP contribution is 2.11. The molecule has 2 N–H and O–H groups in total. The molecular formula is C16H20FN3O2S. The van der Waals surface area contributed by atoms with E-state index in [0.29, 0.717) is 5.69 Å². The van der Waals surface area contributed by atoms with Crippen LogP contribution in [0.5, 0.6) is 0 Å². The fourth-order valence-corrected chi connectivity index (χ4v) is 2.82. The van der Waals surface area contributed by atoms with Crippen molar-refractivity contribution in [3.8, 4) is 5.69 Å². The van der Waals surface area contributed by atoms with Gasteiger partial charge in [-0.05, 0) is 43.5 Å². The van der Waals surface area contributed by atoms with Crippen molar-refractivity contribution in [2.75, 3.05) is 12.9 Å². The van der Waals surface area contributed by atoms with E-state index in [1.807, 2.05) is 13.2 Å². The van der Waals surface area contributed by atoms with Crippen LogP contribution in [0, 0.1) is 5.82 Å². The molecule has 0 radical (unpaired) electrons. The second kappa shape index (κ2) is 8.12. The molecule has 1 aromatic carbocycles. The Balaban J connectivity index is 1.96. The molecule has 0 fully saturated rings. The van der Waals surface area contributed by atoms with Crippen LogP contribution in [0.4, 0.5) is 4.39 Å². The van der Waals surface area contributed by atoms with Gasteiger partial charge < -0.3 is 10.4 Å². The molecule has 0 aliphatic heterocycles. The topological polar surface area (TPSA) is 67.2 Å². The maximum atomic E-state index is 12.9. The van der Waals surface area contributed by atoms with Gasteiger partial charge in [0.1, 0.15) is 5.82 Å². The molecule has 0 saturated heterocycles. The van der Waals surface area contributed by atoms with Gasteiger partial charge in [-0.15, -0.1) is 0 Å². The molecular weight excluding hydrogens is 317 g/mol. The van der Waals surface area contributed by atoms with Crippen molar-refractivity contribution in [1.29, 1.82) is 0 Å². The summed E-state index contributed by atoms with van der Waals surface area (Å²) in [6.45, 7) is 1.88. The number of hydrogen-bond donors (Lipinski definition) is 2. The van der Waals surface area contributed by atoms with E-state index < -0.39 is 0 Å². The summed E-state index contributed by atoms with van der Waals surface area (Å²) in [5.74, 6) is -0.448. The summed E-state index contributed by atoms with van der Waals surface area (Å²) >= 11 is 1.51. The molecule has 2 unspecified atom stereocenters. The summed E-state index contributed by atoms with van der Waals surface area (Å²) < 4.78 is 14.5. The zero-order valence-electron chi connectivity index (χ0n) is 13.1. The van der Waals surface area contributed by atoms with Crippen molar-refractivity contribution in [3.05, 3.63) is 48.0 Å². The quantitative estimate of drug-likeness (QED) is 0.808. The van der Waals surface area contributed by atoms with Gasteiger partial charge in [-0.25, -0.2) is 9.07 Å². The first kappa shape index (κ1) is 17.5. The van der Waals surface area contributed by atoms with Crippen LogP contribution in [-0.4, -0.2) is 44.9 Å². The second-order valence-electron chi connectivity index (χ2n) is 5.22. The lowest BCUT2D eigenvalue weighted by Gasteiger charge is -2.21. The molecule has 7 heteroatoms. The number of aromatic nitrogens is 2. The van der Waals surface area contributed by atoms with Gasteiger partial charge in [0.15, 0.2) is 0 Å². The number of amides is 1. The number of aliphatic hydroxyl groups excluding tert-OH is 1. The van der Waals surface area contributed by atoms with Crippen molar-refractivity contribution in [2.45, 2.75) is 24.6 Å². The van der Waals surface area contributed by atoms with E-state index in [1.54, 1.807) is 29.1 Å². The van der Waals surface area contributed by atoms with Crippen molar-refractivity contribution >= 4 is 17.7 Å². The number of hydrogen-bond acceptors (Lipinski definition) is 4. The average Bonchev–Trinajstić information content (AvgIpc) is 2.97. The van der Waals surface area contributed by atoms with Gasteiger partial charge in [0.25, 0.3) is 0 Å². The van der Waals surface area contributed by atoms with Crippen LogP contribution in [0.25, 0.3) is 5.69 Å². The standard InChI is InChI=1S/C16H20FN3O2S/c1-11(15(10-21)23-2)18-16(22)9-13-7-8-20(19-13)14-5-3-12(17)4-6-14/h3-8,11,15,21H,9-10H2,1-2H3,(H,18,22). The van der Waals surface area contributed by atoms with Gasteiger partial charge in [0.05, 0.1) is 24.4 Å². The van der Waals surface area contributed by atoms with Crippen molar-refractivity contribution in [1.82, 2.24) is 15.1 Å². The molecule has 1 aromatic heterocycles.